The van der Waals surface area contributed by atoms with E-state index in [1.54, 1.807) is 0 Å². The summed E-state index contributed by atoms with van der Waals surface area (Å²) < 4.78 is 11.4. The number of benzene rings is 1. The maximum absolute atomic E-state index is 6.19. The minimum atomic E-state index is -0.0788. The van der Waals surface area contributed by atoms with Crippen LogP contribution in [0.2, 0.25) is 0 Å². The van der Waals surface area contributed by atoms with Gasteiger partial charge in [-0.2, -0.15) is 0 Å². The smallest absolute Gasteiger partial charge is 0.144 e. The molecule has 1 heterocycles. The van der Waals surface area contributed by atoms with Crippen molar-refractivity contribution in [2.75, 3.05) is 17.7 Å². The molecule has 4 nitrogen and oxygen atoms in total. The molecule has 19 heavy (non-hydrogen) atoms. The molecule has 0 saturated carbocycles. The van der Waals surface area contributed by atoms with Gasteiger partial charge in [0.2, 0.25) is 0 Å². The summed E-state index contributed by atoms with van der Waals surface area (Å²) in [6.07, 6.45) is 1.26. The topological polar surface area (TPSA) is 56.5 Å². The molecule has 2 atom stereocenters. The van der Waals surface area contributed by atoms with Gasteiger partial charge in [-0.1, -0.05) is 6.07 Å². The minimum Gasteiger partial charge on any atom is -0.489 e. The second kappa shape index (κ2) is 5.29. The van der Waals surface area contributed by atoms with Gasteiger partial charge in [0, 0.05) is 6.61 Å². The van der Waals surface area contributed by atoms with Crippen molar-refractivity contribution in [3.05, 3.63) is 18.2 Å². The summed E-state index contributed by atoms with van der Waals surface area (Å²) in [5.41, 5.74) is 7.69. The number of ether oxygens (including phenoxy) is 2. The lowest BCUT2D eigenvalue weighted by Crippen LogP contribution is -2.41. The molecule has 2 rings (SSSR count). The molecule has 4 heteroatoms. The minimum absolute atomic E-state index is 0.0788. The highest BCUT2D eigenvalue weighted by atomic mass is 16.5. The molecule has 1 aliphatic heterocycles. The quantitative estimate of drug-likeness (QED) is 0.821. The van der Waals surface area contributed by atoms with E-state index in [0.29, 0.717) is 5.69 Å². The Labute approximate surface area is 115 Å². The van der Waals surface area contributed by atoms with E-state index >= 15 is 0 Å². The number of nitrogens with two attached hydrogens (primary N) is 1. The SMILES string of the molecule is CC(C)Oc1cccc(NC2(C)CCOC2C)c1N. The zero-order valence-electron chi connectivity index (χ0n) is 12.2. The van der Waals surface area contributed by atoms with Crippen LogP contribution in [0.4, 0.5) is 11.4 Å². The number of nitrogen functional groups attached to an aromatic ring is 1. The van der Waals surface area contributed by atoms with E-state index in [1.807, 2.05) is 32.0 Å². The molecule has 2 unspecified atom stereocenters. The van der Waals surface area contributed by atoms with Crippen LogP contribution in [-0.4, -0.2) is 24.4 Å². The fraction of sp³-hybridized carbons (Fsp3) is 0.600. The predicted octanol–water partition coefficient (Wildman–Crippen LogP) is 3.04. The molecule has 0 spiro atoms. The van der Waals surface area contributed by atoms with Crippen LogP contribution in [0.25, 0.3) is 0 Å². The lowest BCUT2D eigenvalue weighted by Gasteiger charge is -2.31. The van der Waals surface area contributed by atoms with Crippen molar-refractivity contribution in [2.24, 2.45) is 0 Å². The average Bonchev–Trinajstić information content (AvgIpc) is 2.64. The predicted molar refractivity (Wildman–Crippen MR) is 78.7 cm³/mol. The molecule has 0 radical (unpaired) electrons. The van der Waals surface area contributed by atoms with E-state index in [4.69, 9.17) is 15.2 Å². The molecule has 0 bridgehead atoms. The van der Waals surface area contributed by atoms with Crippen molar-refractivity contribution in [1.82, 2.24) is 0 Å². The lowest BCUT2D eigenvalue weighted by molar-refractivity contribution is 0.105. The zero-order valence-corrected chi connectivity index (χ0v) is 12.2. The molecular weight excluding hydrogens is 240 g/mol. The number of hydrogen-bond acceptors (Lipinski definition) is 4. The Hall–Kier alpha value is -1.42. The first-order valence-electron chi connectivity index (χ1n) is 6.87. The van der Waals surface area contributed by atoms with Gasteiger partial charge in [-0.25, -0.2) is 0 Å². The lowest BCUT2D eigenvalue weighted by atomic mass is 9.94. The van der Waals surface area contributed by atoms with Gasteiger partial charge in [-0.3, -0.25) is 0 Å². The first kappa shape index (κ1) is 14.0. The molecule has 0 amide bonds. The molecule has 1 aliphatic rings. The van der Waals surface area contributed by atoms with Gasteiger partial charge in [-0.15, -0.1) is 0 Å². The second-order valence-electron chi connectivity index (χ2n) is 5.69. The monoisotopic (exact) mass is 264 g/mol. The molecule has 3 N–H and O–H groups in total. The van der Waals surface area contributed by atoms with Crippen LogP contribution >= 0.6 is 0 Å². The van der Waals surface area contributed by atoms with Crippen molar-refractivity contribution in [2.45, 2.75) is 51.9 Å². The first-order valence-corrected chi connectivity index (χ1v) is 6.87. The average molecular weight is 264 g/mol. The molecule has 0 aromatic heterocycles. The second-order valence-corrected chi connectivity index (χ2v) is 5.69. The summed E-state index contributed by atoms with van der Waals surface area (Å²) >= 11 is 0. The van der Waals surface area contributed by atoms with Crippen LogP contribution in [-0.2, 0) is 4.74 Å². The van der Waals surface area contributed by atoms with Crippen LogP contribution in [0, 0.1) is 0 Å². The molecule has 1 saturated heterocycles. The van der Waals surface area contributed by atoms with E-state index in [2.05, 4.69) is 19.2 Å². The number of rotatable bonds is 4. The van der Waals surface area contributed by atoms with E-state index in [0.717, 1.165) is 24.5 Å². The van der Waals surface area contributed by atoms with Crippen LogP contribution in [0.1, 0.15) is 34.1 Å². The van der Waals surface area contributed by atoms with E-state index in [1.165, 1.54) is 0 Å². The number of nitrogens with one attached hydrogen (secondary N) is 1. The fourth-order valence-electron chi connectivity index (χ4n) is 2.32. The van der Waals surface area contributed by atoms with Crippen molar-refractivity contribution in [3.63, 3.8) is 0 Å². The summed E-state index contributed by atoms with van der Waals surface area (Å²) in [6, 6.07) is 5.84. The summed E-state index contributed by atoms with van der Waals surface area (Å²) in [6.45, 7) is 9.03. The number of para-hydroxylation sites is 1. The van der Waals surface area contributed by atoms with Gasteiger partial charge in [0.15, 0.2) is 0 Å². The standard InChI is InChI=1S/C15H24N2O2/c1-10(2)19-13-7-5-6-12(14(13)16)17-15(4)8-9-18-11(15)3/h5-7,10-11,17H,8-9,16H2,1-4H3. The van der Waals surface area contributed by atoms with Crippen LogP contribution in [0.15, 0.2) is 18.2 Å². The van der Waals surface area contributed by atoms with E-state index in [9.17, 15) is 0 Å². The van der Waals surface area contributed by atoms with Crippen molar-refractivity contribution >= 4 is 11.4 Å². The first-order chi connectivity index (χ1) is 8.92. The highest BCUT2D eigenvalue weighted by Crippen LogP contribution is 2.35. The van der Waals surface area contributed by atoms with Gasteiger partial charge < -0.3 is 20.5 Å². The van der Waals surface area contributed by atoms with E-state index < -0.39 is 0 Å². The third kappa shape index (κ3) is 2.95. The summed E-state index contributed by atoms with van der Waals surface area (Å²) in [7, 11) is 0. The molecule has 106 valence electrons. The Bertz CT molecular complexity index is 448. The summed E-state index contributed by atoms with van der Waals surface area (Å²) in [5.74, 6) is 0.732. The highest BCUT2D eigenvalue weighted by Gasteiger charge is 2.37. The largest absolute Gasteiger partial charge is 0.489 e. The van der Waals surface area contributed by atoms with Crippen molar-refractivity contribution in [1.29, 1.82) is 0 Å². The Morgan fingerprint density at radius 1 is 1.47 bits per heavy atom. The Balaban J connectivity index is 2.21. The normalized spacial score (nSPS) is 26.7. The van der Waals surface area contributed by atoms with Crippen molar-refractivity contribution in [3.8, 4) is 5.75 Å². The van der Waals surface area contributed by atoms with Gasteiger partial charge in [0.25, 0.3) is 0 Å². The molecule has 1 aromatic rings. The van der Waals surface area contributed by atoms with Gasteiger partial charge in [-0.05, 0) is 46.2 Å². The van der Waals surface area contributed by atoms with Crippen molar-refractivity contribution < 1.29 is 9.47 Å². The number of hydrogen-bond donors (Lipinski definition) is 2. The third-order valence-electron chi connectivity index (χ3n) is 3.74. The van der Waals surface area contributed by atoms with Gasteiger partial charge in [0.1, 0.15) is 5.75 Å². The molecular formula is C15H24N2O2. The Morgan fingerprint density at radius 3 is 2.79 bits per heavy atom. The van der Waals surface area contributed by atoms with Crippen LogP contribution in [0.3, 0.4) is 0 Å². The maximum Gasteiger partial charge on any atom is 0.144 e. The number of anilines is 2. The maximum atomic E-state index is 6.19. The Kier molecular flexibility index (Phi) is 3.90. The third-order valence-corrected chi connectivity index (χ3v) is 3.74. The van der Waals surface area contributed by atoms with Crippen LogP contribution < -0.4 is 15.8 Å². The molecule has 1 fully saturated rings. The summed E-state index contributed by atoms with van der Waals surface area (Å²) in [5, 5.41) is 3.52. The summed E-state index contributed by atoms with van der Waals surface area (Å²) in [4.78, 5) is 0. The molecule has 1 aromatic carbocycles. The van der Waals surface area contributed by atoms with Crippen LogP contribution in [0.5, 0.6) is 5.75 Å². The fourth-order valence-corrected chi connectivity index (χ4v) is 2.32. The highest BCUT2D eigenvalue weighted by molar-refractivity contribution is 5.73. The Morgan fingerprint density at radius 2 is 2.21 bits per heavy atom. The van der Waals surface area contributed by atoms with Gasteiger partial charge in [0.05, 0.1) is 29.1 Å². The zero-order chi connectivity index (χ0) is 14.0. The molecule has 0 aliphatic carbocycles. The van der Waals surface area contributed by atoms with E-state index in [-0.39, 0.29) is 17.7 Å². The van der Waals surface area contributed by atoms with Gasteiger partial charge >= 0.3 is 0 Å².